The Morgan fingerprint density at radius 3 is 2.53 bits per heavy atom. The Morgan fingerprint density at radius 1 is 1.09 bits per heavy atom. The molecule has 0 bridgehead atoms. The van der Waals surface area contributed by atoms with Crippen molar-refractivity contribution in [2.45, 2.75) is 20.3 Å². The molecule has 0 atom stereocenters. The molecule has 3 aromatic rings. The van der Waals surface area contributed by atoms with E-state index in [4.69, 9.17) is 11.6 Å². The number of carbonyl (C=O) groups excluding carboxylic acids is 1. The van der Waals surface area contributed by atoms with Gasteiger partial charge in [-0.25, -0.2) is 14.4 Å². The quantitative estimate of drug-likeness (QED) is 0.508. The summed E-state index contributed by atoms with van der Waals surface area (Å²) < 4.78 is 15.0. The minimum Gasteiger partial charge on any atom is -0.362 e. The van der Waals surface area contributed by atoms with Gasteiger partial charge in [0.15, 0.2) is 5.82 Å². The van der Waals surface area contributed by atoms with Crippen molar-refractivity contribution >= 4 is 34.2 Å². The minimum absolute atomic E-state index is 0.238. The zero-order valence-corrected chi connectivity index (χ0v) is 19.7. The molecule has 6 nitrogen and oxygen atoms in total. The van der Waals surface area contributed by atoms with Crippen molar-refractivity contribution in [3.8, 4) is 11.4 Å². The average molecular weight is 458 g/mol. The fourth-order valence-electron chi connectivity index (χ4n) is 3.56. The fraction of sp³-hybridized carbons (Fsp3) is 0.375. The molecule has 0 aliphatic rings. The highest BCUT2D eigenvalue weighted by atomic mass is 35.5. The van der Waals surface area contributed by atoms with Gasteiger partial charge in [0.2, 0.25) is 0 Å². The molecule has 0 aliphatic heterocycles. The molecule has 2 aromatic carbocycles. The van der Waals surface area contributed by atoms with Gasteiger partial charge in [-0.05, 0) is 55.9 Å². The third-order valence-electron chi connectivity index (χ3n) is 5.23. The predicted octanol–water partition coefficient (Wildman–Crippen LogP) is 4.62. The number of nitrogens with zero attached hydrogens (tertiary/aromatic N) is 4. The van der Waals surface area contributed by atoms with Gasteiger partial charge >= 0.3 is 0 Å². The standard InChI is InChI=1S/C24H29ClFN5O/c1-5-12-31(6-2)13-11-27-24(32)16-7-9-18(20(26)14-16)22-28-21-10-8-17(25)15-19(21)23(29-22)30(3)4/h7-10,14-15H,5-6,11-13H2,1-4H3,(H,27,32). The fourth-order valence-corrected chi connectivity index (χ4v) is 3.73. The van der Waals surface area contributed by atoms with Crippen LogP contribution in [0.5, 0.6) is 0 Å². The van der Waals surface area contributed by atoms with Gasteiger partial charge in [-0.1, -0.05) is 25.4 Å². The van der Waals surface area contributed by atoms with Crippen LogP contribution in [0.4, 0.5) is 10.2 Å². The molecule has 0 aliphatic carbocycles. The van der Waals surface area contributed by atoms with E-state index in [9.17, 15) is 9.18 Å². The van der Waals surface area contributed by atoms with Crippen LogP contribution in [-0.2, 0) is 0 Å². The van der Waals surface area contributed by atoms with E-state index in [1.165, 1.54) is 6.07 Å². The van der Waals surface area contributed by atoms with E-state index < -0.39 is 5.82 Å². The van der Waals surface area contributed by atoms with Crippen molar-refractivity contribution < 1.29 is 9.18 Å². The summed E-state index contributed by atoms with van der Waals surface area (Å²) >= 11 is 6.13. The van der Waals surface area contributed by atoms with Crippen LogP contribution in [-0.4, -0.2) is 61.0 Å². The number of carbonyl (C=O) groups is 1. The van der Waals surface area contributed by atoms with Crippen molar-refractivity contribution in [1.82, 2.24) is 20.2 Å². The van der Waals surface area contributed by atoms with E-state index in [2.05, 4.69) is 34.0 Å². The second-order valence-corrected chi connectivity index (χ2v) is 8.25. The lowest BCUT2D eigenvalue weighted by atomic mass is 10.1. The van der Waals surface area contributed by atoms with Crippen LogP contribution in [0.25, 0.3) is 22.3 Å². The Balaban J connectivity index is 1.83. The van der Waals surface area contributed by atoms with Crippen LogP contribution in [0.15, 0.2) is 36.4 Å². The molecule has 1 aromatic heterocycles. The molecule has 32 heavy (non-hydrogen) atoms. The van der Waals surface area contributed by atoms with E-state index in [-0.39, 0.29) is 22.9 Å². The topological polar surface area (TPSA) is 61.4 Å². The highest BCUT2D eigenvalue weighted by Crippen LogP contribution is 2.30. The van der Waals surface area contributed by atoms with Gasteiger partial charge in [0.05, 0.1) is 11.1 Å². The molecular formula is C24H29ClFN5O. The number of rotatable bonds is 9. The van der Waals surface area contributed by atoms with Gasteiger partial charge in [-0.2, -0.15) is 0 Å². The average Bonchev–Trinajstić information content (AvgIpc) is 2.77. The molecule has 0 fully saturated rings. The van der Waals surface area contributed by atoms with Gasteiger partial charge < -0.3 is 15.1 Å². The number of likely N-dealkylation sites (N-methyl/N-ethyl adjacent to an activating group) is 1. The van der Waals surface area contributed by atoms with E-state index in [1.807, 2.05) is 19.0 Å². The maximum absolute atomic E-state index is 15.0. The van der Waals surface area contributed by atoms with Gasteiger partial charge in [0, 0.05) is 43.2 Å². The number of anilines is 1. The number of halogens is 2. The lowest BCUT2D eigenvalue weighted by Crippen LogP contribution is -2.35. The monoisotopic (exact) mass is 457 g/mol. The minimum atomic E-state index is -0.545. The number of hydrogen-bond donors (Lipinski definition) is 1. The first kappa shape index (κ1) is 23.9. The first-order chi connectivity index (χ1) is 15.3. The van der Waals surface area contributed by atoms with Crippen molar-refractivity contribution in [2.24, 2.45) is 0 Å². The summed E-state index contributed by atoms with van der Waals surface area (Å²) in [6.07, 6.45) is 1.06. The number of fused-ring (bicyclic) bond motifs is 1. The second-order valence-electron chi connectivity index (χ2n) is 7.81. The van der Waals surface area contributed by atoms with Crippen molar-refractivity contribution in [1.29, 1.82) is 0 Å². The molecule has 0 spiro atoms. The molecule has 8 heteroatoms. The van der Waals surface area contributed by atoms with Crippen molar-refractivity contribution in [2.75, 3.05) is 45.2 Å². The Hall–Kier alpha value is -2.77. The molecule has 0 saturated carbocycles. The number of aromatic nitrogens is 2. The number of nitrogens with one attached hydrogen (secondary N) is 1. The maximum Gasteiger partial charge on any atom is 0.251 e. The summed E-state index contributed by atoms with van der Waals surface area (Å²) in [5.74, 6) is 0.0512. The summed E-state index contributed by atoms with van der Waals surface area (Å²) in [6, 6.07) is 9.70. The molecular weight excluding hydrogens is 429 g/mol. The Kier molecular flexibility index (Phi) is 7.99. The summed E-state index contributed by atoms with van der Waals surface area (Å²) in [5, 5.41) is 4.23. The van der Waals surface area contributed by atoms with Crippen molar-refractivity contribution in [3.05, 3.63) is 52.8 Å². The van der Waals surface area contributed by atoms with Gasteiger partial charge in [-0.15, -0.1) is 0 Å². The van der Waals surface area contributed by atoms with E-state index >= 15 is 0 Å². The number of hydrogen-bond acceptors (Lipinski definition) is 5. The van der Waals surface area contributed by atoms with E-state index in [1.54, 1.807) is 30.3 Å². The Labute approximate surface area is 193 Å². The smallest absolute Gasteiger partial charge is 0.251 e. The summed E-state index contributed by atoms with van der Waals surface area (Å²) in [7, 11) is 3.72. The first-order valence-electron chi connectivity index (χ1n) is 10.8. The highest BCUT2D eigenvalue weighted by Gasteiger charge is 2.16. The van der Waals surface area contributed by atoms with E-state index in [0.717, 1.165) is 31.4 Å². The van der Waals surface area contributed by atoms with Crippen LogP contribution in [0, 0.1) is 5.82 Å². The Morgan fingerprint density at radius 2 is 1.88 bits per heavy atom. The Bertz CT molecular complexity index is 1110. The summed E-state index contributed by atoms with van der Waals surface area (Å²) in [5.41, 5.74) is 1.17. The van der Waals surface area contributed by atoms with Crippen LogP contribution in [0.3, 0.4) is 0 Å². The normalized spacial score (nSPS) is 11.2. The van der Waals surface area contributed by atoms with Crippen LogP contribution < -0.4 is 10.2 Å². The van der Waals surface area contributed by atoms with Crippen LogP contribution >= 0.6 is 11.6 Å². The number of benzene rings is 2. The second kappa shape index (κ2) is 10.7. The molecule has 170 valence electrons. The third kappa shape index (κ3) is 5.53. The zero-order valence-electron chi connectivity index (χ0n) is 19.0. The predicted molar refractivity (Wildman–Crippen MR) is 129 cm³/mol. The van der Waals surface area contributed by atoms with Gasteiger partial charge in [0.25, 0.3) is 5.91 Å². The van der Waals surface area contributed by atoms with Gasteiger partial charge in [0.1, 0.15) is 11.6 Å². The van der Waals surface area contributed by atoms with E-state index in [0.29, 0.717) is 22.9 Å². The molecule has 1 amide bonds. The first-order valence-corrected chi connectivity index (χ1v) is 11.2. The largest absolute Gasteiger partial charge is 0.362 e. The lowest BCUT2D eigenvalue weighted by Gasteiger charge is -2.19. The molecule has 3 rings (SSSR count). The third-order valence-corrected chi connectivity index (χ3v) is 5.47. The van der Waals surface area contributed by atoms with Crippen LogP contribution in [0.1, 0.15) is 30.6 Å². The van der Waals surface area contributed by atoms with Gasteiger partial charge in [-0.3, -0.25) is 4.79 Å². The van der Waals surface area contributed by atoms with Crippen LogP contribution in [0.2, 0.25) is 5.02 Å². The summed E-state index contributed by atoms with van der Waals surface area (Å²) in [6.45, 7) is 7.41. The van der Waals surface area contributed by atoms with Crippen molar-refractivity contribution in [3.63, 3.8) is 0 Å². The molecule has 0 radical (unpaired) electrons. The lowest BCUT2D eigenvalue weighted by molar-refractivity contribution is 0.0948. The molecule has 1 heterocycles. The SMILES string of the molecule is CCCN(CC)CCNC(=O)c1ccc(-c2nc(N(C)C)c3cc(Cl)ccc3n2)c(F)c1. The molecule has 0 unspecified atom stereocenters. The molecule has 1 N–H and O–H groups in total. The summed E-state index contributed by atoms with van der Waals surface area (Å²) in [4.78, 5) is 25.6. The maximum atomic E-state index is 15.0. The highest BCUT2D eigenvalue weighted by molar-refractivity contribution is 6.31. The molecule has 0 saturated heterocycles. The zero-order chi connectivity index (χ0) is 23.3. The number of amides is 1.